The predicted octanol–water partition coefficient (Wildman–Crippen LogP) is 3.67. The molecule has 29 heavy (non-hydrogen) atoms. The number of carbonyl (C=O) groups excluding carboxylic acids is 1. The van der Waals surface area contributed by atoms with E-state index in [-0.39, 0.29) is 23.2 Å². The van der Waals surface area contributed by atoms with E-state index in [2.05, 4.69) is 34.5 Å². The third-order valence-corrected chi connectivity index (χ3v) is 6.06. The molecule has 0 saturated heterocycles. The first kappa shape index (κ1) is 18.1. The number of halogens is 1. The van der Waals surface area contributed by atoms with Gasteiger partial charge in [-0.05, 0) is 55.7 Å². The number of carbonyl (C=O) groups is 1. The van der Waals surface area contributed by atoms with Crippen molar-refractivity contribution in [1.82, 2.24) is 25.3 Å². The summed E-state index contributed by atoms with van der Waals surface area (Å²) >= 11 is 0. The highest BCUT2D eigenvalue weighted by Crippen LogP contribution is 2.41. The molecule has 0 spiro atoms. The molecule has 0 bridgehead atoms. The van der Waals surface area contributed by atoms with Crippen LogP contribution in [0.1, 0.15) is 65.7 Å². The fourth-order valence-corrected chi connectivity index (χ4v) is 4.74. The first-order valence-corrected chi connectivity index (χ1v) is 10.1. The number of rotatable bonds is 3. The first-order chi connectivity index (χ1) is 13.9. The van der Waals surface area contributed by atoms with Gasteiger partial charge in [-0.1, -0.05) is 19.9 Å². The van der Waals surface area contributed by atoms with Gasteiger partial charge in [0.05, 0.1) is 23.6 Å². The van der Waals surface area contributed by atoms with Crippen LogP contribution < -0.4 is 5.32 Å². The maximum Gasteiger partial charge on any atom is 0.272 e. The fourth-order valence-electron chi connectivity index (χ4n) is 4.74. The highest BCUT2D eigenvalue weighted by molar-refractivity contribution is 5.94. The average molecular weight is 393 g/mol. The van der Waals surface area contributed by atoms with Crippen LogP contribution in [0, 0.1) is 11.2 Å². The number of fused-ring (bicyclic) bond motifs is 2. The van der Waals surface area contributed by atoms with Crippen LogP contribution >= 0.6 is 0 Å². The summed E-state index contributed by atoms with van der Waals surface area (Å²) < 4.78 is 15.5. The molecule has 1 unspecified atom stereocenters. The Kier molecular flexibility index (Phi) is 4.08. The molecule has 150 valence electrons. The van der Waals surface area contributed by atoms with E-state index in [9.17, 15) is 9.18 Å². The van der Waals surface area contributed by atoms with Crippen LogP contribution in [0.2, 0.25) is 0 Å². The van der Waals surface area contributed by atoms with E-state index in [1.807, 2.05) is 6.07 Å². The van der Waals surface area contributed by atoms with Crippen LogP contribution in [-0.2, 0) is 19.3 Å². The Morgan fingerprint density at radius 2 is 2.21 bits per heavy atom. The molecule has 1 amide bonds. The molecule has 2 aromatic heterocycles. The third-order valence-electron chi connectivity index (χ3n) is 6.06. The van der Waals surface area contributed by atoms with Gasteiger partial charge in [0.1, 0.15) is 5.82 Å². The zero-order valence-corrected chi connectivity index (χ0v) is 16.6. The molecule has 0 fully saturated rings. The third kappa shape index (κ3) is 3.14. The molecule has 2 aliphatic rings. The summed E-state index contributed by atoms with van der Waals surface area (Å²) in [7, 11) is 0. The molecule has 2 aliphatic carbocycles. The van der Waals surface area contributed by atoms with Crippen LogP contribution in [0.15, 0.2) is 30.5 Å². The van der Waals surface area contributed by atoms with Crippen LogP contribution in [0.4, 0.5) is 4.39 Å². The minimum atomic E-state index is -0.293. The number of hydrogen-bond donors (Lipinski definition) is 2. The van der Waals surface area contributed by atoms with Gasteiger partial charge in [-0.25, -0.2) is 9.07 Å². The highest BCUT2D eigenvalue weighted by Gasteiger charge is 2.37. The van der Waals surface area contributed by atoms with Crippen molar-refractivity contribution in [1.29, 1.82) is 0 Å². The molecular formula is C22H24FN5O. The SMILES string of the molecule is CC1(C)Cc2c(cnn2-c2cccc(F)c2)C(NC(=O)c2n[nH]c3c2CCC3)C1. The van der Waals surface area contributed by atoms with Crippen LogP contribution in [-0.4, -0.2) is 25.9 Å². The lowest BCUT2D eigenvalue weighted by Gasteiger charge is -2.35. The molecular weight excluding hydrogens is 369 g/mol. The molecule has 0 radical (unpaired) electrons. The number of hydrogen-bond acceptors (Lipinski definition) is 3. The number of nitrogens with one attached hydrogen (secondary N) is 2. The van der Waals surface area contributed by atoms with Gasteiger partial charge < -0.3 is 5.32 Å². The smallest absolute Gasteiger partial charge is 0.272 e. The van der Waals surface area contributed by atoms with E-state index in [4.69, 9.17) is 0 Å². The summed E-state index contributed by atoms with van der Waals surface area (Å²) in [5.74, 6) is -0.435. The summed E-state index contributed by atoms with van der Waals surface area (Å²) in [6.45, 7) is 4.37. The number of H-pyrrole nitrogens is 1. The second-order valence-electron chi connectivity index (χ2n) is 8.89. The van der Waals surface area contributed by atoms with Gasteiger partial charge >= 0.3 is 0 Å². The zero-order valence-electron chi connectivity index (χ0n) is 16.6. The standard InChI is InChI=1S/C22H24FN5O/c1-22(2)10-18(25-21(29)20-15-7-4-8-17(15)26-27-20)16-12-24-28(19(16)11-22)14-6-3-5-13(23)9-14/h3,5-6,9,12,18H,4,7-8,10-11H2,1-2H3,(H,25,29)(H,26,27). The molecule has 1 aromatic carbocycles. The summed E-state index contributed by atoms with van der Waals surface area (Å²) in [5.41, 5.74) is 5.33. The first-order valence-electron chi connectivity index (χ1n) is 10.1. The van der Waals surface area contributed by atoms with Gasteiger partial charge in [0.25, 0.3) is 5.91 Å². The van der Waals surface area contributed by atoms with Crippen molar-refractivity contribution in [2.75, 3.05) is 0 Å². The zero-order chi connectivity index (χ0) is 20.2. The van der Waals surface area contributed by atoms with Crippen molar-refractivity contribution >= 4 is 5.91 Å². The largest absolute Gasteiger partial charge is 0.344 e. The minimum absolute atomic E-state index is 0.0242. The summed E-state index contributed by atoms with van der Waals surface area (Å²) in [5, 5.41) is 15.0. The van der Waals surface area contributed by atoms with Crippen molar-refractivity contribution < 1.29 is 9.18 Å². The summed E-state index contributed by atoms with van der Waals surface area (Å²) in [6.07, 6.45) is 6.33. The van der Waals surface area contributed by atoms with Gasteiger partial charge in [0.2, 0.25) is 0 Å². The Bertz CT molecular complexity index is 1100. The van der Waals surface area contributed by atoms with Gasteiger partial charge in [0.15, 0.2) is 5.69 Å². The van der Waals surface area contributed by atoms with Gasteiger partial charge in [-0.15, -0.1) is 0 Å². The normalized spacial score (nSPS) is 19.6. The molecule has 7 heteroatoms. The van der Waals surface area contributed by atoms with Crippen molar-refractivity contribution in [2.45, 2.75) is 52.0 Å². The molecule has 5 rings (SSSR count). The second kappa shape index (κ2) is 6.54. The van der Waals surface area contributed by atoms with E-state index in [1.165, 1.54) is 12.1 Å². The lowest BCUT2D eigenvalue weighted by Crippen LogP contribution is -2.37. The second-order valence-corrected chi connectivity index (χ2v) is 8.89. The Morgan fingerprint density at radius 1 is 1.34 bits per heavy atom. The van der Waals surface area contributed by atoms with Crippen molar-refractivity contribution in [3.05, 3.63) is 64.5 Å². The molecule has 3 aromatic rings. The van der Waals surface area contributed by atoms with Gasteiger partial charge in [-0.3, -0.25) is 9.89 Å². The Labute approximate surface area is 168 Å². The lowest BCUT2D eigenvalue weighted by atomic mass is 9.74. The van der Waals surface area contributed by atoms with E-state index in [0.29, 0.717) is 11.4 Å². The van der Waals surface area contributed by atoms with Crippen molar-refractivity contribution in [3.63, 3.8) is 0 Å². The maximum absolute atomic E-state index is 13.8. The Morgan fingerprint density at radius 3 is 3.03 bits per heavy atom. The Balaban J connectivity index is 1.48. The number of benzene rings is 1. The quantitative estimate of drug-likeness (QED) is 0.713. The molecule has 6 nitrogen and oxygen atoms in total. The number of amides is 1. The van der Waals surface area contributed by atoms with Crippen LogP contribution in [0.3, 0.4) is 0 Å². The van der Waals surface area contributed by atoms with Gasteiger partial charge in [-0.2, -0.15) is 10.2 Å². The van der Waals surface area contributed by atoms with E-state index in [1.54, 1.807) is 16.9 Å². The predicted molar refractivity (Wildman–Crippen MR) is 106 cm³/mol. The molecule has 2 N–H and O–H groups in total. The molecule has 1 atom stereocenters. The number of aromatic amines is 1. The Hall–Kier alpha value is -2.96. The fraction of sp³-hybridized carbons (Fsp3) is 0.409. The van der Waals surface area contributed by atoms with E-state index >= 15 is 0 Å². The van der Waals surface area contributed by atoms with Gasteiger partial charge in [0, 0.05) is 16.8 Å². The number of aryl methyl sites for hydroxylation is 1. The van der Waals surface area contributed by atoms with Crippen LogP contribution in [0.5, 0.6) is 0 Å². The van der Waals surface area contributed by atoms with Crippen molar-refractivity contribution in [3.8, 4) is 5.69 Å². The molecule has 0 saturated carbocycles. The summed E-state index contributed by atoms with van der Waals surface area (Å²) in [6, 6.07) is 6.28. The molecule has 0 aliphatic heterocycles. The topological polar surface area (TPSA) is 75.6 Å². The summed E-state index contributed by atoms with van der Waals surface area (Å²) in [4.78, 5) is 13.0. The maximum atomic E-state index is 13.8. The van der Waals surface area contributed by atoms with E-state index in [0.717, 1.165) is 54.6 Å². The number of nitrogens with zero attached hydrogens (tertiary/aromatic N) is 3. The lowest BCUT2D eigenvalue weighted by molar-refractivity contribution is 0.0913. The van der Waals surface area contributed by atoms with Crippen molar-refractivity contribution in [2.24, 2.45) is 5.41 Å². The minimum Gasteiger partial charge on any atom is -0.344 e. The van der Waals surface area contributed by atoms with E-state index < -0.39 is 0 Å². The highest BCUT2D eigenvalue weighted by atomic mass is 19.1. The average Bonchev–Trinajstić information content (AvgIpc) is 3.35. The monoisotopic (exact) mass is 393 g/mol. The van der Waals surface area contributed by atoms with Crippen LogP contribution in [0.25, 0.3) is 5.69 Å². The molecule has 2 heterocycles. The number of aromatic nitrogens is 4.